The predicted octanol–water partition coefficient (Wildman–Crippen LogP) is 1.53. The third kappa shape index (κ3) is 6.07. The monoisotopic (exact) mass is 455 g/mol. The Morgan fingerprint density at radius 1 is 1.16 bits per heavy atom. The van der Waals surface area contributed by atoms with Gasteiger partial charge < -0.3 is 19.9 Å². The smallest absolute Gasteiger partial charge is 0.229 e. The molecule has 2 fully saturated rings. The lowest BCUT2D eigenvalue weighted by Gasteiger charge is -2.36. The first-order chi connectivity index (χ1) is 15.6. The van der Waals surface area contributed by atoms with Crippen LogP contribution < -0.4 is 15.5 Å². The maximum Gasteiger partial charge on any atom is 0.229 e. The van der Waals surface area contributed by atoms with Gasteiger partial charge in [-0.25, -0.2) is 19.9 Å². The SMILES string of the molecule is Cc1cc(C)nc(N/C(=N/C(=S)NCC2CCCO2)N2CCN(c3ncccn3)CC2)n1. The third-order valence-corrected chi connectivity index (χ3v) is 5.57. The summed E-state index contributed by atoms with van der Waals surface area (Å²) in [6.45, 7) is 8.39. The van der Waals surface area contributed by atoms with E-state index in [0.717, 1.165) is 63.0 Å². The molecule has 1 unspecified atom stereocenters. The maximum atomic E-state index is 5.67. The van der Waals surface area contributed by atoms with Gasteiger partial charge in [-0.15, -0.1) is 0 Å². The van der Waals surface area contributed by atoms with Crippen LogP contribution in [-0.4, -0.2) is 81.3 Å². The number of aryl methyl sites for hydroxylation is 2. The summed E-state index contributed by atoms with van der Waals surface area (Å²) in [5.41, 5.74) is 1.79. The zero-order valence-electron chi connectivity index (χ0n) is 18.5. The number of hydrogen-bond donors (Lipinski definition) is 2. The van der Waals surface area contributed by atoms with Gasteiger partial charge >= 0.3 is 0 Å². The summed E-state index contributed by atoms with van der Waals surface area (Å²) in [5.74, 6) is 1.88. The minimum atomic E-state index is 0.191. The fourth-order valence-corrected chi connectivity index (χ4v) is 3.94. The van der Waals surface area contributed by atoms with Crippen molar-refractivity contribution in [3.63, 3.8) is 0 Å². The Morgan fingerprint density at radius 2 is 1.88 bits per heavy atom. The van der Waals surface area contributed by atoms with Crippen LogP contribution in [-0.2, 0) is 4.74 Å². The van der Waals surface area contributed by atoms with Crippen molar-refractivity contribution in [1.29, 1.82) is 0 Å². The van der Waals surface area contributed by atoms with E-state index >= 15 is 0 Å². The number of ether oxygens (including phenoxy) is 1. The van der Waals surface area contributed by atoms with Gasteiger partial charge in [-0.3, -0.25) is 5.32 Å². The first-order valence-electron chi connectivity index (χ1n) is 10.9. The molecular formula is C21H29N9OS. The molecule has 170 valence electrons. The quantitative estimate of drug-likeness (QED) is 0.401. The largest absolute Gasteiger partial charge is 0.376 e. The zero-order chi connectivity index (χ0) is 22.3. The minimum Gasteiger partial charge on any atom is -0.376 e. The van der Waals surface area contributed by atoms with Gasteiger partial charge in [0.1, 0.15) is 0 Å². The van der Waals surface area contributed by atoms with E-state index in [0.29, 0.717) is 23.6 Å². The first-order valence-corrected chi connectivity index (χ1v) is 11.3. The number of nitrogens with zero attached hydrogens (tertiary/aromatic N) is 7. The molecular weight excluding hydrogens is 426 g/mol. The van der Waals surface area contributed by atoms with Crippen LogP contribution in [0.1, 0.15) is 24.2 Å². The fourth-order valence-electron chi connectivity index (χ4n) is 3.77. The molecule has 0 aliphatic carbocycles. The molecule has 0 bridgehead atoms. The number of aliphatic imine (C=N–C) groups is 1. The van der Waals surface area contributed by atoms with E-state index < -0.39 is 0 Å². The Balaban J connectivity index is 1.45. The van der Waals surface area contributed by atoms with Crippen LogP contribution in [0.5, 0.6) is 0 Å². The minimum absolute atomic E-state index is 0.191. The molecule has 0 aromatic carbocycles. The second-order valence-corrected chi connectivity index (χ2v) is 8.27. The number of piperazine rings is 1. The molecule has 1 atom stereocenters. The maximum absolute atomic E-state index is 5.67. The highest BCUT2D eigenvalue weighted by atomic mass is 32.1. The number of nitrogens with one attached hydrogen (secondary N) is 2. The average molecular weight is 456 g/mol. The number of guanidine groups is 1. The third-order valence-electron chi connectivity index (χ3n) is 5.33. The van der Waals surface area contributed by atoms with Crippen LogP contribution in [0, 0.1) is 13.8 Å². The topological polar surface area (TPSA) is 104 Å². The molecule has 2 aromatic rings. The highest BCUT2D eigenvalue weighted by Gasteiger charge is 2.23. The zero-order valence-corrected chi connectivity index (χ0v) is 19.3. The predicted molar refractivity (Wildman–Crippen MR) is 128 cm³/mol. The van der Waals surface area contributed by atoms with Crippen LogP contribution in [0.3, 0.4) is 0 Å². The van der Waals surface area contributed by atoms with Crippen molar-refractivity contribution in [1.82, 2.24) is 30.2 Å². The van der Waals surface area contributed by atoms with Gasteiger partial charge in [0.05, 0.1) is 6.10 Å². The summed E-state index contributed by atoms with van der Waals surface area (Å²) in [6.07, 6.45) is 5.85. The van der Waals surface area contributed by atoms with E-state index in [-0.39, 0.29) is 6.10 Å². The van der Waals surface area contributed by atoms with Crippen molar-refractivity contribution < 1.29 is 4.74 Å². The number of hydrogen-bond acceptors (Lipinski definition) is 7. The van der Waals surface area contributed by atoms with Crippen LogP contribution in [0.4, 0.5) is 11.9 Å². The lowest BCUT2D eigenvalue weighted by atomic mass is 10.2. The summed E-state index contributed by atoms with van der Waals surface area (Å²) in [6, 6.07) is 3.76. The molecule has 0 radical (unpaired) electrons. The van der Waals surface area contributed by atoms with Gasteiger partial charge in [-0.05, 0) is 51.0 Å². The fraction of sp³-hybridized carbons (Fsp3) is 0.524. The molecule has 4 rings (SSSR count). The standard InChI is InChI=1S/C21H29N9OS/c1-15-13-16(2)26-18(25-15)27-20(28-21(32)24-14-17-5-3-12-31-17)30-10-8-29(9-11-30)19-22-6-4-7-23-19/h4,6-7,13,17H,3,5,8-12,14H2,1-2H3,(H2,24,25,26,27,28,32). The second kappa shape index (κ2) is 10.6. The van der Waals surface area contributed by atoms with Crippen LogP contribution in [0.2, 0.25) is 0 Å². The molecule has 4 heterocycles. The van der Waals surface area contributed by atoms with E-state index in [1.54, 1.807) is 12.4 Å². The number of anilines is 2. The number of aromatic nitrogens is 4. The van der Waals surface area contributed by atoms with Gasteiger partial charge in [-0.1, -0.05) is 0 Å². The number of rotatable bonds is 4. The molecule has 10 nitrogen and oxygen atoms in total. The van der Waals surface area contributed by atoms with Gasteiger partial charge in [0.2, 0.25) is 17.9 Å². The molecule has 2 N–H and O–H groups in total. The normalized spacial score (nSPS) is 19.2. The second-order valence-electron chi connectivity index (χ2n) is 7.88. The van der Waals surface area contributed by atoms with Crippen LogP contribution in [0.15, 0.2) is 29.5 Å². The molecule has 0 amide bonds. The van der Waals surface area contributed by atoms with Crippen molar-refractivity contribution in [2.75, 3.05) is 49.5 Å². The highest BCUT2D eigenvalue weighted by molar-refractivity contribution is 7.80. The van der Waals surface area contributed by atoms with Crippen LogP contribution >= 0.6 is 12.2 Å². The summed E-state index contributed by atoms with van der Waals surface area (Å²) in [7, 11) is 0. The van der Waals surface area contributed by atoms with E-state index in [9.17, 15) is 0 Å². The van der Waals surface area contributed by atoms with Gasteiger partial charge in [0, 0.05) is 63.1 Å². The summed E-state index contributed by atoms with van der Waals surface area (Å²) in [4.78, 5) is 26.7. The molecule has 2 aliphatic rings. The van der Waals surface area contributed by atoms with Crippen molar-refractivity contribution in [3.8, 4) is 0 Å². The Kier molecular flexibility index (Phi) is 7.38. The van der Waals surface area contributed by atoms with E-state index in [1.807, 2.05) is 26.0 Å². The van der Waals surface area contributed by atoms with Crippen molar-refractivity contribution in [2.24, 2.45) is 4.99 Å². The molecule has 11 heteroatoms. The summed E-state index contributed by atoms with van der Waals surface area (Å²) < 4.78 is 5.67. The van der Waals surface area contributed by atoms with Crippen LogP contribution in [0.25, 0.3) is 0 Å². The molecule has 2 saturated heterocycles. The van der Waals surface area contributed by atoms with E-state index in [1.165, 1.54) is 0 Å². The van der Waals surface area contributed by atoms with E-state index in [4.69, 9.17) is 17.0 Å². The molecule has 0 saturated carbocycles. The molecule has 2 aromatic heterocycles. The van der Waals surface area contributed by atoms with Crippen molar-refractivity contribution >= 4 is 35.2 Å². The van der Waals surface area contributed by atoms with Gasteiger partial charge in [0.15, 0.2) is 5.11 Å². The van der Waals surface area contributed by atoms with Gasteiger partial charge in [0.25, 0.3) is 0 Å². The van der Waals surface area contributed by atoms with Crippen molar-refractivity contribution in [3.05, 3.63) is 35.9 Å². The lowest BCUT2D eigenvalue weighted by molar-refractivity contribution is 0.114. The van der Waals surface area contributed by atoms with Crippen molar-refractivity contribution in [2.45, 2.75) is 32.8 Å². The van der Waals surface area contributed by atoms with Gasteiger partial charge in [-0.2, -0.15) is 4.99 Å². The lowest BCUT2D eigenvalue weighted by Crippen LogP contribution is -2.51. The average Bonchev–Trinajstić information content (AvgIpc) is 3.31. The Hall–Kier alpha value is -2.92. The summed E-state index contributed by atoms with van der Waals surface area (Å²) in [5, 5.41) is 6.93. The number of thiocarbonyl (C=S) groups is 1. The molecule has 32 heavy (non-hydrogen) atoms. The Labute approximate surface area is 193 Å². The Bertz CT molecular complexity index is 921. The molecule has 2 aliphatic heterocycles. The molecule has 0 spiro atoms. The first kappa shape index (κ1) is 22.3. The highest BCUT2D eigenvalue weighted by Crippen LogP contribution is 2.13. The Morgan fingerprint density at radius 3 is 2.53 bits per heavy atom. The van der Waals surface area contributed by atoms with E-state index in [2.05, 4.69) is 45.4 Å². The summed E-state index contributed by atoms with van der Waals surface area (Å²) >= 11 is 5.51.